The fourth-order valence-electron chi connectivity index (χ4n) is 2.36. The highest BCUT2D eigenvalue weighted by atomic mass is 32.1. The van der Waals surface area contributed by atoms with E-state index >= 15 is 0 Å². The van der Waals surface area contributed by atoms with E-state index in [1.165, 1.54) is 15.4 Å². The molecule has 2 atom stereocenters. The lowest BCUT2D eigenvalue weighted by molar-refractivity contribution is 0.374. The van der Waals surface area contributed by atoms with Gasteiger partial charge >= 0.3 is 0 Å². The van der Waals surface area contributed by atoms with Gasteiger partial charge in [0.1, 0.15) is 5.01 Å². The summed E-state index contributed by atoms with van der Waals surface area (Å²) in [6, 6.07) is 11.3. The average molecular weight is 288 g/mol. The number of benzene rings is 1. The monoisotopic (exact) mass is 288 g/mol. The van der Waals surface area contributed by atoms with Crippen LogP contribution >= 0.6 is 11.3 Å². The maximum Gasteiger partial charge on any atom is 0.109 e. The summed E-state index contributed by atoms with van der Waals surface area (Å²) >= 11 is 1.82. The van der Waals surface area contributed by atoms with Gasteiger partial charge in [0.15, 0.2) is 0 Å². The largest absolute Gasteiger partial charge is 0.301 e. The minimum absolute atomic E-state index is 0.285. The fourth-order valence-corrected chi connectivity index (χ4v) is 3.23. The molecule has 0 radical (unpaired) electrons. The topological polar surface area (TPSA) is 24.9 Å². The minimum Gasteiger partial charge on any atom is -0.301 e. The van der Waals surface area contributed by atoms with Gasteiger partial charge in [-0.25, -0.2) is 4.98 Å². The number of hydrogen-bond acceptors (Lipinski definition) is 3. The average Bonchev–Trinajstić information content (AvgIpc) is 2.94. The molecule has 0 saturated carbocycles. The van der Waals surface area contributed by atoms with E-state index in [0.717, 1.165) is 6.42 Å². The maximum atomic E-state index is 4.55. The number of nitrogens with one attached hydrogen (secondary N) is 1. The van der Waals surface area contributed by atoms with Crippen molar-refractivity contribution >= 4 is 11.3 Å². The van der Waals surface area contributed by atoms with Crippen molar-refractivity contribution in [1.29, 1.82) is 0 Å². The van der Waals surface area contributed by atoms with Crippen molar-refractivity contribution in [3.63, 3.8) is 0 Å². The Labute approximate surface area is 126 Å². The molecule has 1 heterocycles. The zero-order chi connectivity index (χ0) is 14.5. The van der Waals surface area contributed by atoms with E-state index in [9.17, 15) is 0 Å². The third-order valence-corrected chi connectivity index (χ3v) is 4.87. The molecule has 0 fully saturated rings. The predicted molar refractivity (Wildman–Crippen MR) is 87.1 cm³/mol. The molecule has 1 aromatic carbocycles. The predicted octanol–water partition coefficient (Wildman–Crippen LogP) is 4.75. The number of rotatable bonds is 6. The summed E-state index contributed by atoms with van der Waals surface area (Å²) in [5, 5.41) is 4.92. The highest BCUT2D eigenvalue weighted by Gasteiger charge is 2.20. The molecule has 108 valence electrons. The van der Waals surface area contributed by atoms with Crippen molar-refractivity contribution in [2.24, 2.45) is 5.92 Å². The highest BCUT2D eigenvalue weighted by Crippen LogP contribution is 2.27. The molecule has 0 bridgehead atoms. The van der Waals surface area contributed by atoms with Crippen LogP contribution in [0.25, 0.3) is 0 Å². The number of aryl methyl sites for hydroxylation is 1. The SMILES string of the molecule is CCc1cnc(C(C)NC(c2ccccc2)C(C)C)s1. The number of nitrogens with zero attached hydrogens (tertiary/aromatic N) is 1. The van der Waals surface area contributed by atoms with Gasteiger partial charge in [-0.05, 0) is 24.8 Å². The van der Waals surface area contributed by atoms with Crippen molar-refractivity contribution < 1.29 is 0 Å². The van der Waals surface area contributed by atoms with Gasteiger partial charge in [-0.15, -0.1) is 11.3 Å². The highest BCUT2D eigenvalue weighted by molar-refractivity contribution is 7.11. The number of aromatic nitrogens is 1. The molecule has 20 heavy (non-hydrogen) atoms. The first kappa shape index (κ1) is 15.2. The summed E-state index contributed by atoms with van der Waals surface area (Å²) in [6.07, 6.45) is 3.07. The summed E-state index contributed by atoms with van der Waals surface area (Å²) in [4.78, 5) is 5.91. The van der Waals surface area contributed by atoms with Crippen LogP contribution in [0.3, 0.4) is 0 Å². The van der Waals surface area contributed by atoms with Crippen LogP contribution in [0.2, 0.25) is 0 Å². The normalized spacial score (nSPS) is 14.4. The summed E-state index contributed by atoms with van der Waals surface area (Å²) < 4.78 is 0. The third kappa shape index (κ3) is 3.68. The molecule has 1 N–H and O–H groups in total. The third-order valence-electron chi connectivity index (χ3n) is 3.55. The standard InChI is InChI=1S/C17H24N2S/c1-5-15-11-18-17(20-15)13(4)19-16(12(2)3)14-9-7-6-8-10-14/h6-13,16,19H,5H2,1-4H3. The Hall–Kier alpha value is -1.19. The molecule has 0 aliphatic heterocycles. The molecule has 3 heteroatoms. The molecule has 0 aliphatic carbocycles. The van der Waals surface area contributed by atoms with Gasteiger partial charge in [0.05, 0.1) is 6.04 Å². The molecule has 2 aromatic rings. The second-order valence-corrected chi connectivity index (χ2v) is 6.69. The van der Waals surface area contributed by atoms with Gasteiger partial charge in [-0.3, -0.25) is 0 Å². The van der Waals surface area contributed by atoms with Crippen LogP contribution < -0.4 is 5.32 Å². The van der Waals surface area contributed by atoms with Crippen molar-refractivity contribution in [1.82, 2.24) is 10.3 Å². The van der Waals surface area contributed by atoms with E-state index in [0.29, 0.717) is 12.0 Å². The molecule has 0 amide bonds. The Morgan fingerprint density at radius 1 is 1.15 bits per heavy atom. The second-order valence-electron chi connectivity index (χ2n) is 5.54. The van der Waals surface area contributed by atoms with Gasteiger partial charge in [-0.2, -0.15) is 0 Å². The molecule has 0 spiro atoms. The summed E-state index contributed by atoms with van der Waals surface area (Å²) in [5.41, 5.74) is 1.35. The minimum atomic E-state index is 0.285. The second kappa shape index (κ2) is 7.00. The van der Waals surface area contributed by atoms with E-state index < -0.39 is 0 Å². The molecule has 2 unspecified atom stereocenters. The lowest BCUT2D eigenvalue weighted by Crippen LogP contribution is -2.28. The fraction of sp³-hybridized carbons (Fsp3) is 0.471. The molecule has 2 nitrogen and oxygen atoms in total. The molecule has 1 aromatic heterocycles. The molecule has 0 aliphatic rings. The smallest absolute Gasteiger partial charge is 0.109 e. The van der Waals surface area contributed by atoms with Crippen LogP contribution in [-0.4, -0.2) is 4.98 Å². The first-order valence-corrected chi connectivity index (χ1v) is 8.19. The van der Waals surface area contributed by atoms with E-state index in [1.54, 1.807) is 0 Å². The Bertz CT molecular complexity index is 519. The van der Waals surface area contributed by atoms with Crippen LogP contribution in [0.5, 0.6) is 0 Å². The van der Waals surface area contributed by atoms with Crippen LogP contribution in [0.1, 0.15) is 55.2 Å². The summed E-state index contributed by atoms with van der Waals surface area (Å²) in [5.74, 6) is 0.547. The summed E-state index contributed by atoms with van der Waals surface area (Å²) in [6.45, 7) is 8.90. The molecule has 0 saturated heterocycles. The van der Waals surface area contributed by atoms with E-state index in [2.05, 4.69) is 68.3 Å². The molecule has 2 rings (SSSR count). The lowest BCUT2D eigenvalue weighted by Gasteiger charge is -2.26. The van der Waals surface area contributed by atoms with Crippen LogP contribution in [0, 0.1) is 5.92 Å². The van der Waals surface area contributed by atoms with Gasteiger partial charge in [0, 0.05) is 17.1 Å². The van der Waals surface area contributed by atoms with Crippen molar-refractivity contribution in [3.8, 4) is 0 Å². The van der Waals surface area contributed by atoms with E-state index in [-0.39, 0.29) is 6.04 Å². The van der Waals surface area contributed by atoms with Gasteiger partial charge in [0.25, 0.3) is 0 Å². The lowest BCUT2D eigenvalue weighted by atomic mass is 9.95. The first-order chi connectivity index (χ1) is 9.61. The van der Waals surface area contributed by atoms with Gasteiger partial charge in [0.2, 0.25) is 0 Å². The molecular weight excluding hydrogens is 264 g/mol. The van der Waals surface area contributed by atoms with Gasteiger partial charge in [-0.1, -0.05) is 51.1 Å². The quantitative estimate of drug-likeness (QED) is 0.829. The van der Waals surface area contributed by atoms with Crippen molar-refractivity contribution in [2.75, 3.05) is 0 Å². The maximum absolute atomic E-state index is 4.55. The van der Waals surface area contributed by atoms with Crippen LogP contribution in [-0.2, 0) is 6.42 Å². The zero-order valence-corrected chi connectivity index (χ0v) is 13.6. The van der Waals surface area contributed by atoms with E-state index in [1.807, 2.05) is 17.5 Å². The summed E-state index contributed by atoms with van der Waals surface area (Å²) in [7, 11) is 0. The van der Waals surface area contributed by atoms with Crippen LogP contribution in [0.15, 0.2) is 36.5 Å². The Morgan fingerprint density at radius 2 is 1.85 bits per heavy atom. The zero-order valence-electron chi connectivity index (χ0n) is 12.8. The number of hydrogen-bond donors (Lipinski definition) is 1. The van der Waals surface area contributed by atoms with Crippen molar-refractivity contribution in [3.05, 3.63) is 52.0 Å². The Kier molecular flexibility index (Phi) is 5.32. The first-order valence-electron chi connectivity index (χ1n) is 7.37. The van der Waals surface area contributed by atoms with Gasteiger partial charge < -0.3 is 5.32 Å². The number of thiazole rings is 1. The van der Waals surface area contributed by atoms with Crippen molar-refractivity contribution in [2.45, 2.75) is 46.2 Å². The molecular formula is C17H24N2S. The Balaban J connectivity index is 2.12. The van der Waals surface area contributed by atoms with Crippen LogP contribution in [0.4, 0.5) is 0 Å². The Morgan fingerprint density at radius 3 is 2.40 bits per heavy atom. The van der Waals surface area contributed by atoms with E-state index in [4.69, 9.17) is 0 Å².